The number of nitrogens with zero attached hydrogens (tertiary/aromatic N) is 1. The Kier molecular flexibility index (Phi) is 4.39. The molecule has 0 saturated carbocycles. The van der Waals surface area contributed by atoms with Gasteiger partial charge in [-0.05, 0) is 18.2 Å². The summed E-state index contributed by atoms with van der Waals surface area (Å²) in [6, 6.07) is 3.52. The van der Waals surface area contributed by atoms with Crippen LogP contribution in [0.2, 0.25) is 5.02 Å². The maximum absolute atomic E-state index is 13.2. The minimum absolute atomic E-state index is 0.00419. The molecule has 1 N–H and O–H groups in total. The smallest absolute Gasteiger partial charge is 0.350 e. The van der Waals surface area contributed by atoms with Crippen LogP contribution in [0, 0.1) is 15.9 Å². The monoisotopic (exact) mass is 330 g/mol. The largest absolute Gasteiger partial charge is 0.465 e. The summed E-state index contributed by atoms with van der Waals surface area (Å²) in [4.78, 5) is 22.0. The fourth-order valence-electron chi connectivity index (χ4n) is 1.57. The van der Waals surface area contributed by atoms with Crippen LogP contribution in [0.3, 0.4) is 0 Å². The topological polar surface area (TPSA) is 81.5 Å². The number of benzene rings is 1. The standard InChI is InChI=1S/C12H8ClFN2O4S/c1-20-12(17)11-10(9(5-21-11)16(18)19)15-8-4-6(14)2-3-7(8)13/h2-5,15H,1H3. The van der Waals surface area contributed by atoms with Crippen molar-refractivity contribution >= 4 is 46.0 Å². The normalized spacial score (nSPS) is 10.2. The van der Waals surface area contributed by atoms with Gasteiger partial charge in [0.2, 0.25) is 0 Å². The molecule has 0 spiro atoms. The van der Waals surface area contributed by atoms with Crippen molar-refractivity contribution in [1.29, 1.82) is 0 Å². The van der Waals surface area contributed by atoms with Gasteiger partial charge in [0.05, 0.1) is 28.1 Å². The summed E-state index contributed by atoms with van der Waals surface area (Å²) in [5.74, 6) is -1.30. The zero-order valence-corrected chi connectivity index (χ0v) is 12.1. The second-order valence-corrected chi connectivity index (χ2v) is 5.11. The maximum atomic E-state index is 13.2. The number of ether oxygens (including phenoxy) is 1. The summed E-state index contributed by atoms with van der Waals surface area (Å²) >= 11 is 6.75. The van der Waals surface area contributed by atoms with Crippen LogP contribution in [0.1, 0.15) is 9.67 Å². The van der Waals surface area contributed by atoms with Crippen LogP contribution in [0.5, 0.6) is 0 Å². The molecule has 0 amide bonds. The van der Waals surface area contributed by atoms with E-state index in [9.17, 15) is 19.3 Å². The summed E-state index contributed by atoms with van der Waals surface area (Å²) in [6.45, 7) is 0. The highest BCUT2D eigenvalue weighted by atomic mass is 35.5. The molecule has 1 aromatic heterocycles. The van der Waals surface area contributed by atoms with Gasteiger partial charge in [0.15, 0.2) is 0 Å². The Morgan fingerprint density at radius 1 is 1.52 bits per heavy atom. The third kappa shape index (κ3) is 3.11. The molecule has 6 nitrogen and oxygen atoms in total. The first-order chi connectivity index (χ1) is 9.93. The summed E-state index contributed by atoms with van der Waals surface area (Å²) in [5.41, 5.74) is -0.284. The SMILES string of the molecule is COC(=O)c1scc([N+](=O)[O-])c1Nc1cc(F)ccc1Cl. The second kappa shape index (κ2) is 6.06. The first-order valence-corrected chi connectivity index (χ1v) is 6.76. The highest BCUT2D eigenvalue weighted by molar-refractivity contribution is 7.13. The summed E-state index contributed by atoms with van der Waals surface area (Å²) in [6.07, 6.45) is 0. The molecule has 1 aromatic carbocycles. The van der Waals surface area contributed by atoms with E-state index in [1.54, 1.807) is 0 Å². The maximum Gasteiger partial charge on any atom is 0.350 e. The summed E-state index contributed by atoms with van der Waals surface area (Å²) < 4.78 is 17.8. The number of halogens is 2. The van der Waals surface area contributed by atoms with E-state index in [-0.39, 0.29) is 27.0 Å². The van der Waals surface area contributed by atoms with Crippen molar-refractivity contribution in [1.82, 2.24) is 0 Å². The van der Waals surface area contributed by atoms with Gasteiger partial charge in [0.1, 0.15) is 16.4 Å². The predicted octanol–water partition coefficient (Wildman–Crippen LogP) is 3.98. The van der Waals surface area contributed by atoms with Crippen molar-refractivity contribution in [3.8, 4) is 0 Å². The van der Waals surface area contributed by atoms with Crippen molar-refractivity contribution in [2.75, 3.05) is 12.4 Å². The van der Waals surface area contributed by atoms with E-state index in [1.165, 1.54) is 11.4 Å². The third-order valence-corrected chi connectivity index (χ3v) is 3.80. The van der Waals surface area contributed by atoms with Gasteiger partial charge >= 0.3 is 11.7 Å². The third-order valence-electron chi connectivity index (χ3n) is 2.53. The lowest BCUT2D eigenvalue weighted by Crippen LogP contribution is -2.04. The zero-order chi connectivity index (χ0) is 15.6. The number of carbonyl (C=O) groups excluding carboxylic acids is 1. The van der Waals surface area contributed by atoms with Crippen LogP contribution < -0.4 is 5.32 Å². The average Bonchev–Trinajstić information content (AvgIpc) is 2.86. The molecule has 0 aliphatic rings. The Bertz CT molecular complexity index is 719. The van der Waals surface area contributed by atoms with Gasteiger partial charge in [-0.2, -0.15) is 0 Å². The van der Waals surface area contributed by atoms with Gasteiger partial charge in [0.25, 0.3) is 0 Å². The number of hydrogen-bond acceptors (Lipinski definition) is 6. The van der Waals surface area contributed by atoms with E-state index >= 15 is 0 Å². The lowest BCUT2D eigenvalue weighted by Gasteiger charge is -2.08. The number of anilines is 2. The van der Waals surface area contributed by atoms with Crippen LogP contribution in [-0.4, -0.2) is 18.0 Å². The number of methoxy groups -OCH3 is 1. The van der Waals surface area contributed by atoms with E-state index in [1.807, 2.05) is 0 Å². The Balaban J connectivity index is 2.51. The molecule has 0 aliphatic heterocycles. The quantitative estimate of drug-likeness (QED) is 0.521. The van der Waals surface area contributed by atoms with Crippen molar-refractivity contribution in [2.24, 2.45) is 0 Å². The molecular weight excluding hydrogens is 323 g/mol. The molecule has 0 saturated heterocycles. The molecule has 21 heavy (non-hydrogen) atoms. The fraction of sp³-hybridized carbons (Fsp3) is 0.0833. The lowest BCUT2D eigenvalue weighted by molar-refractivity contribution is -0.383. The number of hydrogen-bond donors (Lipinski definition) is 1. The van der Waals surface area contributed by atoms with Gasteiger partial charge in [-0.15, -0.1) is 11.3 Å². The molecule has 0 atom stereocenters. The first-order valence-electron chi connectivity index (χ1n) is 5.50. The van der Waals surface area contributed by atoms with Crippen molar-refractivity contribution < 1.29 is 18.8 Å². The first kappa shape index (κ1) is 15.2. The van der Waals surface area contributed by atoms with Crippen LogP contribution in [0.4, 0.5) is 21.5 Å². The molecule has 0 bridgehead atoms. The van der Waals surface area contributed by atoms with E-state index < -0.39 is 16.7 Å². The zero-order valence-electron chi connectivity index (χ0n) is 10.6. The van der Waals surface area contributed by atoms with Gasteiger partial charge in [-0.1, -0.05) is 11.6 Å². The van der Waals surface area contributed by atoms with Crippen LogP contribution in [0.15, 0.2) is 23.6 Å². The Morgan fingerprint density at radius 3 is 2.86 bits per heavy atom. The van der Waals surface area contributed by atoms with Gasteiger partial charge in [-0.3, -0.25) is 10.1 Å². The number of nitrogens with one attached hydrogen (secondary N) is 1. The minimum Gasteiger partial charge on any atom is -0.465 e. The molecule has 1 heterocycles. The van der Waals surface area contributed by atoms with E-state index in [0.29, 0.717) is 0 Å². The van der Waals surface area contributed by atoms with Crippen molar-refractivity contribution in [3.05, 3.63) is 49.4 Å². The fourth-order valence-corrected chi connectivity index (χ4v) is 2.63. The average molecular weight is 331 g/mol. The van der Waals surface area contributed by atoms with E-state index in [0.717, 1.165) is 30.6 Å². The highest BCUT2D eigenvalue weighted by Gasteiger charge is 2.26. The van der Waals surface area contributed by atoms with Crippen LogP contribution in [-0.2, 0) is 4.74 Å². The predicted molar refractivity (Wildman–Crippen MR) is 77.0 cm³/mol. The Hall–Kier alpha value is -2.19. The van der Waals surface area contributed by atoms with E-state index in [2.05, 4.69) is 10.1 Å². The molecule has 2 aromatic rings. The van der Waals surface area contributed by atoms with Crippen LogP contribution >= 0.6 is 22.9 Å². The van der Waals surface area contributed by atoms with Gasteiger partial charge < -0.3 is 10.1 Å². The minimum atomic E-state index is -0.733. The molecule has 0 aliphatic carbocycles. The molecular formula is C12H8ClFN2O4S. The van der Waals surface area contributed by atoms with Crippen molar-refractivity contribution in [3.63, 3.8) is 0 Å². The molecule has 9 heteroatoms. The Labute approximate surface area is 127 Å². The Morgan fingerprint density at radius 2 is 2.24 bits per heavy atom. The van der Waals surface area contributed by atoms with Gasteiger partial charge in [-0.25, -0.2) is 9.18 Å². The highest BCUT2D eigenvalue weighted by Crippen LogP contribution is 2.38. The molecule has 0 unspecified atom stereocenters. The van der Waals surface area contributed by atoms with Crippen molar-refractivity contribution in [2.45, 2.75) is 0 Å². The number of nitro groups is 1. The molecule has 110 valence electrons. The van der Waals surface area contributed by atoms with Gasteiger partial charge in [0, 0.05) is 0 Å². The summed E-state index contributed by atoms with van der Waals surface area (Å²) in [5, 5.41) is 15.0. The number of esters is 1. The number of carbonyl (C=O) groups is 1. The number of thiophene rings is 1. The number of rotatable bonds is 4. The molecule has 2 rings (SSSR count). The molecule has 0 fully saturated rings. The summed E-state index contributed by atoms with van der Waals surface area (Å²) in [7, 11) is 1.16. The second-order valence-electron chi connectivity index (χ2n) is 3.82. The lowest BCUT2D eigenvalue weighted by atomic mass is 10.2. The van der Waals surface area contributed by atoms with E-state index in [4.69, 9.17) is 11.6 Å². The molecule has 0 radical (unpaired) electrons. The van der Waals surface area contributed by atoms with Crippen LogP contribution in [0.25, 0.3) is 0 Å².